The first-order valence-electron chi connectivity index (χ1n) is 6.42. The van der Waals surface area contributed by atoms with Crippen LogP contribution in [0.1, 0.15) is 18.5 Å². The highest BCUT2D eigenvalue weighted by Gasteiger charge is 2.33. The van der Waals surface area contributed by atoms with E-state index in [0.29, 0.717) is 13.2 Å². The van der Waals surface area contributed by atoms with Crippen LogP contribution in [0.3, 0.4) is 0 Å². The lowest BCUT2D eigenvalue weighted by Gasteiger charge is -2.20. The highest BCUT2D eigenvalue weighted by Crippen LogP contribution is 2.17. The van der Waals surface area contributed by atoms with Crippen molar-refractivity contribution in [2.75, 3.05) is 20.3 Å². The molecule has 3 atom stereocenters. The minimum Gasteiger partial charge on any atom is -0.379 e. The van der Waals surface area contributed by atoms with Crippen LogP contribution in [0.4, 0.5) is 4.39 Å². The molecule has 1 aliphatic rings. The lowest BCUT2D eigenvalue weighted by molar-refractivity contribution is -0.126. The van der Waals surface area contributed by atoms with Crippen molar-refractivity contribution < 1.29 is 13.9 Å². The maximum Gasteiger partial charge on any atom is 0.227 e. The molecule has 1 aromatic carbocycles. The summed E-state index contributed by atoms with van der Waals surface area (Å²) in [5, 5.41) is 5.98. The average Bonchev–Trinajstić information content (AvgIpc) is 2.87. The molecule has 1 aromatic rings. The molecule has 0 bridgehead atoms. The fraction of sp³-hybridized carbons (Fsp3) is 0.500. The minimum absolute atomic E-state index is 0.0414. The number of hydrogen-bond acceptors (Lipinski definition) is 3. The molecule has 1 saturated heterocycles. The van der Waals surface area contributed by atoms with Crippen LogP contribution < -0.4 is 10.6 Å². The average molecular weight is 266 g/mol. The van der Waals surface area contributed by atoms with Crippen LogP contribution in [0, 0.1) is 11.7 Å². The summed E-state index contributed by atoms with van der Waals surface area (Å²) < 4.78 is 18.4. The second kappa shape index (κ2) is 6.12. The Morgan fingerprint density at radius 1 is 1.47 bits per heavy atom. The van der Waals surface area contributed by atoms with E-state index in [0.717, 1.165) is 5.56 Å². The molecule has 19 heavy (non-hydrogen) atoms. The second-order valence-electron chi connectivity index (χ2n) is 4.82. The largest absolute Gasteiger partial charge is 0.379 e. The van der Waals surface area contributed by atoms with Crippen LogP contribution in [0.25, 0.3) is 0 Å². The van der Waals surface area contributed by atoms with Gasteiger partial charge in [0.2, 0.25) is 5.91 Å². The van der Waals surface area contributed by atoms with Crippen molar-refractivity contribution in [3.63, 3.8) is 0 Å². The molecule has 0 radical (unpaired) electrons. The number of halogens is 1. The smallest absolute Gasteiger partial charge is 0.227 e. The Bertz CT molecular complexity index is 453. The van der Waals surface area contributed by atoms with Crippen LogP contribution in [0.5, 0.6) is 0 Å². The molecule has 1 fully saturated rings. The molecule has 4 nitrogen and oxygen atoms in total. The van der Waals surface area contributed by atoms with Crippen LogP contribution >= 0.6 is 0 Å². The minimum atomic E-state index is -0.295. The van der Waals surface area contributed by atoms with Crippen LogP contribution in [0.2, 0.25) is 0 Å². The van der Waals surface area contributed by atoms with E-state index < -0.39 is 0 Å². The summed E-state index contributed by atoms with van der Waals surface area (Å²) in [5.41, 5.74) is 0.758. The number of amides is 1. The van der Waals surface area contributed by atoms with Gasteiger partial charge in [-0.1, -0.05) is 12.1 Å². The van der Waals surface area contributed by atoms with Crippen molar-refractivity contribution in [2.45, 2.75) is 19.0 Å². The van der Waals surface area contributed by atoms with Gasteiger partial charge in [-0.05, 0) is 31.7 Å². The van der Waals surface area contributed by atoms with E-state index in [1.165, 1.54) is 12.1 Å². The molecule has 1 heterocycles. The van der Waals surface area contributed by atoms with E-state index >= 15 is 0 Å². The van der Waals surface area contributed by atoms with Gasteiger partial charge in [-0.15, -0.1) is 0 Å². The quantitative estimate of drug-likeness (QED) is 0.862. The zero-order chi connectivity index (χ0) is 13.8. The zero-order valence-electron chi connectivity index (χ0n) is 11.2. The number of likely N-dealkylation sites (N-methyl/N-ethyl adjacent to an activating group) is 1. The van der Waals surface area contributed by atoms with Gasteiger partial charge < -0.3 is 15.4 Å². The van der Waals surface area contributed by atoms with Crippen LogP contribution in [0.15, 0.2) is 24.3 Å². The van der Waals surface area contributed by atoms with Crippen molar-refractivity contribution in [3.05, 3.63) is 35.6 Å². The fourth-order valence-electron chi connectivity index (χ4n) is 2.28. The first-order valence-corrected chi connectivity index (χ1v) is 6.42. The summed E-state index contributed by atoms with van der Waals surface area (Å²) in [6.07, 6.45) is 0. The maximum absolute atomic E-state index is 13.1. The number of ether oxygens (including phenoxy) is 1. The van der Waals surface area contributed by atoms with Crippen molar-refractivity contribution in [2.24, 2.45) is 5.92 Å². The predicted octanol–water partition coefficient (Wildman–Crippen LogP) is 1.24. The first kappa shape index (κ1) is 14.0. The van der Waals surface area contributed by atoms with Gasteiger partial charge in [0.15, 0.2) is 0 Å². The Balaban J connectivity index is 1.98. The van der Waals surface area contributed by atoms with Crippen molar-refractivity contribution in [1.29, 1.82) is 0 Å². The number of benzene rings is 1. The number of hydrogen-bond donors (Lipinski definition) is 2. The van der Waals surface area contributed by atoms with Gasteiger partial charge >= 0.3 is 0 Å². The summed E-state index contributed by atoms with van der Waals surface area (Å²) in [5.74, 6) is -0.550. The van der Waals surface area contributed by atoms with Crippen LogP contribution in [-0.2, 0) is 9.53 Å². The molecule has 0 saturated carbocycles. The Kier molecular flexibility index (Phi) is 4.50. The van der Waals surface area contributed by atoms with E-state index in [4.69, 9.17) is 4.74 Å². The lowest BCUT2D eigenvalue weighted by atomic mass is 10.0. The normalized spacial score (nSPS) is 24.2. The van der Waals surface area contributed by atoms with Gasteiger partial charge in [0.05, 0.1) is 25.2 Å². The summed E-state index contributed by atoms with van der Waals surface area (Å²) in [4.78, 5) is 12.2. The number of nitrogens with one attached hydrogen (secondary N) is 2. The maximum atomic E-state index is 13.1. The number of carbonyl (C=O) groups excluding carboxylic acids is 1. The molecule has 0 spiro atoms. The van der Waals surface area contributed by atoms with Gasteiger partial charge in [0.1, 0.15) is 5.82 Å². The summed E-state index contributed by atoms with van der Waals surface area (Å²) >= 11 is 0. The zero-order valence-corrected chi connectivity index (χ0v) is 11.2. The third-order valence-corrected chi connectivity index (χ3v) is 3.50. The van der Waals surface area contributed by atoms with E-state index in [1.807, 2.05) is 14.0 Å². The fourth-order valence-corrected chi connectivity index (χ4v) is 2.28. The van der Waals surface area contributed by atoms with Gasteiger partial charge in [-0.3, -0.25) is 4.79 Å². The highest BCUT2D eigenvalue weighted by molar-refractivity contribution is 5.80. The standard InChI is InChI=1S/C14H19FN2O2/c1-9(10-4-3-5-11(15)6-10)17-14(18)12-7-19-8-13(12)16-2/h3-6,9,12-13,16H,7-8H2,1-2H3,(H,17,18)/t9-,12?,13?/m0/s1. The van der Waals surface area contributed by atoms with Gasteiger partial charge in [0, 0.05) is 6.04 Å². The van der Waals surface area contributed by atoms with Gasteiger partial charge in [-0.25, -0.2) is 4.39 Å². The highest BCUT2D eigenvalue weighted by atomic mass is 19.1. The Labute approximate surface area is 112 Å². The van der Waals surface area contributed by atoms with Crippen LogP contribution in [-0.4, -0.2) is 32.2 Å². The van der Waals surface area contributed by atoms with E-state index in [2.05, 4.69) is 10.6 Å². The predicted molar refractivity (Wildman–Crippen MR) is 70.1 cm³/mol. The van der Waals surface area contributed by atoms with E-state index in [9.17, 15) is 9.18 Å². The molecule has 1 amide bonds. The van der Waals surface area contributed by atoms with E-state index in [-0.39, 0.29) is 29.7 Å². The van der Waals surface area contributed by atoms with Gasteiger partial charge in [-0.2, -0.15) is 0 Å². The molecule has 5 heteroatoms. The Hall–Kier alpha value is -1.46. The Morgan fingerprint density at radius 3 is 2.95 bits per heavy atom. The molecule has 2 rings (SSSR count). The molecule has 0 aliphatic carbocycles. The molecular formula is C14H19FN2O2. The topological polar surface area (TPSA) is 50.4 Å². The SMILES string of the molecule is CNC1COCC1C(=O)N[C@@H](C)c1cccc(F)c1. The Morgan fingerprint density at radius 2 is 2.26 bits per heavy atom. The lowest BCUT2D eigenvalue weighted by Crippen LogP contribution is -2.43. The number of rotatable bonds is 4. The molecule has 2 unspecified atom stereocenters. The summed E-state index contributed by atoms with van der Waals surface area (Å²) in [7, 11) is 1.82. The van der Waals surface area contributed by atoms with Gasteiger partial charge in [0.25, 0.3) is 0 Å². The molecular weight excluding hydrogens is 247 g/mol. The third kappa shape index (κ3) is 3.30. The molecule has 1 aliphatic heterocycles. The van der Waals surface area contributed by atoms with Crippen molar-refractivity contribution in [3.8, 4) is 0 Å². The van der Waals surface area contributed by atoms with Crippen molar-refractivity contribution >= 4 is 5.91 Å². The summed E-state index contributed by atoms with van der Waals surface area (Å²) in [6, 6.07) is 6.09. The second-order valence-corrected chi connectivity index (χ2v) is 4.82. The third-order valence-electron chi connectivity index (χ3n) is 3.50. The van der Waals surface area contributed by atoms with Crippen molar-refractivity contribution in [1.82, 2.24) is 10.6 Å². The number of carbonyl (C=O) groups is 1. The monoisotopic (exact) mass is 266 g/mol. The molecule has 2 N–H and O–H groups in total. The summed E-state index contributed by atoms with van der Waals surface area (Å²) in [6.45, 7) is 2.81. The van der Waals surface area contributed by atoms with E-state index in [1.54, 1.807) is 12.1 Å². The first-order chi connectivity index (χ1) is 9.11. The molecule has 0 aromatic heterocycles. The molecule has 104 valence electrons.